The molecule has 1 aliphatic heterocycles. The zero-order valence-electron chi connectivity index (χ0n) is 8.40. The first kappa shape index (κ1) is 10.3. The van der Waals surface area contributed by atoms with Gasteiger partial charge in [-0.15, -0.1) is 0 Å². The summed E-state index contributed by atoms with van der Waals surface area (Å²) in [6.07, 6.45) is 0.872. The number of phenolic OH excluding ortho intramolecular Hbond substituents is 1. The van der Waals surface area contributed by atoms with Gasteiger partial charge in [-0.3, -0.25) is 4.79 Å². The summed E-state index contributed by atoms with van der Waals surface area (Å²) >= 11 is 5.79. The van der Waals surface area contributed by atoms with Crippen LogP contribution in [0, 0.1) is 5.92 Å². The molecule has 1 N–H and O–H groups in total. The highest BCUT2D eigenvalue weighted by Gasteiger charge is 2.29. The quantitative estimate of drug-likeness (QED) is 0.798. The second-order valence-corrected chi connectivity index (χ2v) is 4.22. The highest BCUT2D eigenvalue weighted by atomic mass is 35.5. The van der Waals surface area contributed by atoms with Gasteiger partial charge in [0.15, 0.2) is 0 Å². The fourth-order valence-corrected chi connectivity index (χ4v) is 1.92. The van der Waals surface area contributed by atoms with Crippen molar-refractivity contribution in [2.75, 3.05) is 11.4 Å². The number of rotatable bonds is 1. The van der Waals surface area contributed by atoms with E-state index in [1.165, 1.54) is 6.07 Å². The molecule has 1 atom stereocenters. The maximum absolute atomic E-state index is 11.7. The topological polar surface area (TPSA) is 40.5 Å². The van der Waals surface area contributed by atoms with Crippen molar-refractivity contribution in [2.45, 2.75) is 13.3 Å². The Bertz CT molecular complexity index is 406. The van der Waals surface area contributed by atoms with Crippen molar-refractivity contribution in [1.29, 1.82) is 0 Å². The van der Waals surface area contributed by atoms with Crippen molar-refractivity contribution in [2.24, 2.45) is 5.92 Å². The molecule has 1 amide bonds. The molecule has 80 valence electrons. The van der Waals surface area contributed by atoms with Crippen molar-refractivity contribution in [3.05, 3.63) is 23.2 Å². The number of aromatic hydroxyl groups is 1. The molecule has 1 aromatic carbocycles. The van der Waals surface area contributed by atoms with Crippen molar-refractivity contribution >= 4 is 23.2 Å². The van der Waals surface area contributed by atoms with E-state index >= 15 is 0 Å². The summed E-state index contributed by atoms with van der Waals surface area (Å²) in [6, 6.07) is 4.83. The Labute approximate surface area is 93.3 Å². The van der Waals surface area contributed by atoms with E-state index in [2.05, 4.69) is 0 Å². The van der Waals surface area contributed by atoms with Gasteiger partial charge < -0.3 is 10.0 Å². The smallest absolute Gasteiger partial charge is 0.229 e. The van der Waals surface area contributed by atoms with E-state index in [-0.39, 0.29) is 22.6 Å². The third kappa shape index (κ3) is 1.79. The van der Waals surface area contributed by atoms with Crippen LogP contribution in [-0.2, 0) is 4.79 Å². The molecule has 1 aromatic rings. The minimum atomic E-state index is 0.0418. The molecule has 1 fully saturated rings. The molecular weight excluding hydrogens is 214 g/mol. The monoisotopic (exact) mass is 225 g/mol. The van der Waals surface area contributed by atoms with Gasteiger partial charge in [-0.1, -0.05) is 18.5 Å². The maximum atomic E-state index is 11.7. The van der Waals surface area contributed by atoms with Gasteiger partial charge in [0.2, 0.25) is 5.91 Å². The average molecular weight is 226 g/mol. The summed E-state index contributed by atoms with van der Waals surface area (Å²) in [5.74, 6) is 0.245. The number of nitrogens with zero attached hydrogens (tertiary/aromatic N) is 1. The molecule has 2 rings (SSSR count). The number of hydrogen-bond donors (Lipinski definition) is 1. The zero-order valence-corrected chi connectivity index (χ0v) is 9.16. The predicted octanol–water partition coefficient (Wildman–Crippen LogP) is 2.42. The van der Waals surface area contributed by atoms with Crippen LogP contribution in [0.5, 0.6) is 5.75 Å². The Hall–Kier alpha value is -1.22. The standard InChI is InChI=1S/C11H12ClNO2/c1-7-4-5-13(11(7)15)8-2-3-10(14)9(12)6-8/h2-3,6-7,14H,4-5H2,1H3. The first-order chi connectivity index (χ1) is 7.09. The van der Waals surface area contributed by atoms with Gasteiger partial charge in [-0.05, 0) is 24.6 Å². The number of halogens is 1. The molecule has 3 nitrogen and oxygen atoms in total. The van der Waals surface area contributed by atoms with Crippen LogP contribution in [0.2, 0.25) is 5.02 Å². The molecule has 0 aromatic heterocycles. The number of benzene rings is 1. The Morgan fingerprint density at radius 2 is 2.27 bits per heavy atom. The van der Waals surface area contributed by atoms with Gasteiger partial charge >= 0.3 is 0 Å². The lowest BCUT2D eigenvalue weighted by Crippen LogP contribution is -2.25. The highest BCUT2D eigenvalue weighted by molar-refractivity contribution is 6.32. The SMILES string of the molecule is CC1CCN(c2ccc(O)c(Cl)c2)C1=O. The second-order valence-electron chi connectivity index (χ2n) is 3.82. The lowest BCUT2D eigenvalue weighted by atomic mass is 10.1. The Morgan fingerprint density at radius 1 is 1.53 bits per heavy atom. The van der Waals surface area contributed by atoms with E-state index in [9.17, 15) is 9.90 Å². The van der Waals surface area contributed by atoms with E-state index < -0.39 is 0 Å². The van der Waals surface area contributed by atoms with Crippen LogP contribution in [0.15, 0.2) is 18.2 Å². The van der Waals surface area contributed by atoms with Crippen LogP contribution in [-0.4, -0.2) is 17.6 Å². The van der Waals surface area contributed by atoms with Crippen LogP contribution in [0.4, 0.5) is 5.69 Å². The van der Waals surface area contributed by atoms with Gasteiger partial charge in [0, 0.05) is 18.2 Å². The fraction of sp³-hybridized carbons (Fsp3) is 0.364. The van der Waals surface area contributed by atoms with Gasteiger partial charge in [0.05, 0.1) is 5.02 Å². The lowest BCUT2D eigenvalue weighted by molar-refractivity contribution is -0.119. The van der Waals surface area contributed by atoms with Crippen LogP contribution < -0.4 is 4.90 Å². The Morgan fingerprint density at radius 3 is 2.80 bits per heavy atom. The largest absolute Gasteiger partial charge is 0.506 e. The number of amides is 1. The number of hydrogen-bond acceptors (Lipinski definition) is 2. The summed E-state index contributed by atoms with van der Waals surface area (Å²) < 4.78 is 0. The van der Waals surface area contributed by atoms with E-state index in [0.717, 1.165) is 18.7 Å². The Kier molecular flexibility index (Phi) is 2.57. The van der Waals surface area contributed by atoms with E-state index in [0.29, 0.717) is 0 Å². The predicted molar refractivity (Wildman–Crippen MR) is 59.3 cm³/mol. The summed E-state index contributed by atoms with van der Waals surface area (Å²) in [5.41, 5.74) is 0.757. The molecule has 0 radical (unpaired) electrons. The summed E-state index contributed by atoms with van der Waals surface area (Å²) in [5, 5.41) is 9.55. The average Bonchev–Trinajstić information content (AvgIpc) is 2.53. The first-order valence-electron chi connectivity index (χ1n) is 4.89. The van der Waals surface area contributed by atoms with E-state index in [4.69, 9.17) is 11.6 Å². The molecule has 1 unspecified atom stereocenters. The minimum Gasteiger partial charge on any atom is -0.506 e. The molecule has 1 aliphatic rings. The molecular formula is C11H12ClNO2. The van der Waals surface area contributed by atoms with Gasteiger partial charge in [-0.2, -0.15) is 0 Å². The van der Waals surface area contributed by atoms with Crippen LogP contribution >= 0.6 is 11.6 Å². The minimum absolute atomic E-state index is 0.0418. The highest BCUT2D eigenvalue weighted by Crippen LogP contribution is 2.31. The first-order valence-corrected chi connectivity index (χ1v) is 5.27. The molecule has 1 heterocycles. The third-order valence-corrected chi connectivity index (χ3v) is 3.02. The normalized spacial score (nSPS) is 21.1. The number of carbonyl (C=O) groups excluding carboxylic acids is 1. The Balaban J connectivity index is 2.31. The van der Waals surface area contributed by atoms with Crippen molar-refractivity contribution in [1.82, 2.24) is 0 Å². The maximum Gasteiger partial charge on any atom is 0.229 e. The molecule has 0 bridgehead atoms. The van der Waals surface area contributed by atoms with Crippen molar-refractivity contribution < 1.29 is 9.90 Å². The molecule has 0 saturated carbocycles. The van der Waals surface area contributed by atoms with E-state index in [1.807, 2.05) is 6.92 Å². The zero-order chi connectivity index (χ0) is 11.0. The fourth-order valence-electron chi connectivity index (χ4n) is 1.74. The molecule has 1 saturated heterocycles. The van der Waals surface area contributed by atoms with Crippen molar-refractivity contribution in [3.63, 3.8) is 0 Å². The number of anilines is 1. The van der Waals surface area contributed by atoms with Crippen LogP contribution in [0.25, 0.3) is 0 Å². The van der Waals surface area contributed by atoms with Gasteiger partial charge in [-0.25, -0.2) is 0 Å². The number of phenols is 1. The summed E-state index contributed by atoms with van der Waals surface area (Å²) in [6.45, 7) is 2.64. The van der Waals surface area contributed by atoms with Crippen molar-refractivity contribution in [3.8, 4) is 5.75 Å². The van der Waals surface area contributed by atoms with Gasteiger partial charge in [0.25, 0.3) is 0 Å². The summed E-state index contributed by atoms with van der Waals surface area (Å²) in [7, 11) is 0. The van der Waals surface area contributed by atoms with Crippen LogP contribution in [0.1, 0.15) is 13.3 Å². The molecule has 0 aliphatic carbocycles. The lowest BCUT2D eigenvalue weighted by Gasteiger charge is -2.16. The van der Waals surface area contributed by atoms with Crippen LogP contribution in [0.3, 0.4) is 0 Å². The molecule has 0 spiro atoms. The number of carbonyl (C=O) groups is 1. The van der Waals surface area contributed by atoms with E-state index in [1.54, 1.807) is 17.0 Å². The molecule has 4 heteroatoms. The summed E-state index contributed by atoms with van der Waals surface area (Å²) in [4.78, 5) is 13.4. The molecule has 15 heavy (non-hydrogen) atoms. The third-order valence-electron chi connectivity index (χ3n) is 2.72. The van der Waals surface area contributed by atoms with Gasteiger partial charge in [0.1, 0.15) is 5.75 Å². The second kappa shape index (κ2) is 3.74.